The van der Waals surface area contributed by atoms with Crippen LogP contribution < -0.4 is 0 Å². The molecule has 1 nitrogen and oxygen atoms in total. The number of nitrogens with zero attached hydrogens (tertiary/aromatic N) is 1. The second kappa shape index (κ2) is 3.39. The van der Waals surface area contributed by atoms with E-state index in [1.807, 2.05) is 13.0 Å². The van der Waals surface area contributed by atoms with Crippen LogP contribution in [0.3, 0.4) is 0 Å². The van der Waals surface area contributed by atoms with Crippen molar-refractivity contribution in [2.45, 2.75) is 19.8 Å². The molecule has 0 aromatic carbocycles. The summed E-state index contributed by atoms with van der Waals surface area (Å²) in [5.74, 6) is 1.43. The summed E-state index contributed by atoms with van der Waals surface area (Å²) in [5, 5.41) is 8.49. The van der Waals surface area contributed by atoms with E-state index in [9.17, 15) is 0 Å². The SMILES string of the molecule is C=CCC1CC1/C=C(\C)C#N. The van der Waals surface area contributed by atoms with Gasteiger partial charge in [0.25, 0.3) is 0 Å². The van der Waals surface area contributed by atoms with Crippen LogP contribution in [-0.4, -0.2) is 0 Å². The van der Waals surface area contributed by atoms with E-state index in [1.165, 1.54) is 6.42 Å². The fourth-order valence-electron chi connectivity index (χ4n) is 1.32. The number of allylic oxidation sites excluding steroid dienone is 3. The van der Waals surface area contributed by atoms with E-state index in [-0.39, 0.29) is 0 Å². The number of nitriles is 1. The highest BCUT2D eigenvalue weighted by molar-refractivity contribution is 5.21. The molecule has 1 aliphatic rings. The van der Waals surface area contributed by atoms with Crippen molar-refractivity contribution in [1.82, 2.24) is 0 Å². The average Bonchev–Trinajstić information content (AvgIpc) is 2.69. The van der Waals surface area contributed by atoms with E-state index < -0.39 is 0 Å². The molecule has 0 aromatic rings. The zero-order chi connectivity index (χ0) is 8.27. The van der Waals surface area contributed by atoms with Gasteiger partial charge >= 0.3 is 0 Å². The smallest absolute Gasteiger partial charge is 0.0940 e. The van der Waals surface area contributed by atoms with Crippen LogP contribution in [0.4, 0.5) is 0 Å². The third kappa shape index (κ3) is 2.23. The van der Waals surface area contributed by atoms with Gasteiger partial charge in [-0.3, -0.25) is 0 Å². The Morgan fingerprint density at radius 3 is 3.09 bits per heavy atom. The Morgan fingerprint density at radius 2 is 2.55 bits per heavy atom. The molecule has 0 amide bonds. The van der Waals surface area contributed by atoms with Crippen molar-refractivity contribution in [1.29, 1.82) is 5.26 Å². The van der Waals surface area contributed by atoms with Gasteiger partial charge in [-0.2, -0.15) is 5.26 Å². The lowest BCUT2D eigenvalue weighted by Gasteiger charge is -1.87. The van der Waals surface area contributed by atoms with Crippen LogP contribution in [0.2, 0.25) is 0 Å². The van der Waals surface area contributed by atoms with Gasteiger partial charge in [-0.05, 0) is 31.6 Å². The number of hydrogen-bond donors (Lipinski definition) is 0. The van der Waals surface area contributed by atoms with Crippen molar-refractivity contribution in [2.24, 2.45) is 11.8 Å². The van der Waals surface area contributed by atoms with Crippen LogP contribution >= 0.6 is 0 Å². The van der Waals surface area contributed by atoms with Crippen molar-refractivity contribution in [2.75, 3.05) is 0 Å². The summed E-state index contributed by atoms with van der Waals surface area (Å²) in [5.41, 5.74) is 0.849. The molecular weight excluding hydrogens is 134 g/mol. The molecule has 1 rings (SSSR count). The highest BCUT2D eigenvalue weighted by atomic mass is 14.4. The first-order valence-electron chi connectivity index (χ1n) is 3.97. The van der Waals surface area contributed by atoms with Crippen molar-refractivity contribution in [3.8, 4) is 6.07 Å². The summed E-state index contributed by atoms with van der Waals surface area (Å²) >= 11 is 0. The van der Waals surface area contributed by atoms with Crippen LogP contribution in [0, 0.1) is 23.2 Å². The van der Waals surface area contributed by atoms with Gasteiger partial charge in [0.05, 0.1) is 6.07 Å². The molecule has 0 radical (unpaired) electrons. The van der Waals surface area contributed by atoms with Crippen molar-refractivity contribution in [3.05, 3.63) is 24.3 Å². The fourth-order valence-corrected chi connectivity index (χ4v) is 1.32. The number of hydrogen-bond acceptors (Lipinski definition) is 1. The second-order valence-electron chi connectivity index (χ2n) is 3.15. The monoisotopic (exact) mass is 147 g/mol. The highest BCUT2D eigenvalue weighted by Crippen LogP contribution is 2.42. The third-order valence-corrected chi connectivity index (χ3v) is 2.09. The normalized spacial score (nSPS) is 29.3. The molecule has 11 heavy (non-hydrogen) atoms. The van der Waals surface area contributed by atoms with Gasteiger partial charge in [0.15, 0.2) is 0 Å². The van der Waals surface area contributed by atoms with Gasteiger partial charge in [0, 0.05) is 5.57 Å². The molecule has 0 spiro atoms. The molecule has 1 aliphatic carbocycles. The van der Waals surface area contributed by atoms with E-state index in [2.05, 4.69) is 18.7 Å². The van der Waals surface area contributed by atoms with Crippen LogP contribution in [0.25, 0.3) is 0 Å². The van der Waals surface area contributed by atoms with Crippen molar-refractivity contribution >= 4 is 0 Å². The van der Waals surface area contributed by atoms with Gasteiger partial charge < -0.3 is 0 Å². The van der Waals surface area contributed by atoms with Gasteiger partial charge in [0.1, 0.15) is 0 Å². The summed E-state index contributed by atoms with van der Waals surface area (Å²) in [6, 6.07) is 2.13. The Balaban J connectivity index is 2.34. The van der Waals surface area contributed by atoms with Crippen molar-refractivity contribution in [3.63, 3.8) is 0 Å². The Morgan fingerprint density at radius 1 is 1.82 bits per heavy atom. The molecule has 0 aliphatic heterocycles. The molecular formula is C10H13N. The van der Waals surface area contributed by atoms with Gasteiger partial charge in [-0.1, -0.05) is 12.2 Å². The summed E-state index contributed by atoms with van der Waals surface area (Å²) in [4.78, 5) is 0. The fraction of sp³-hybridized carbons (Fsp3) is 0.500. The topological polar surface area (TPSA) is 23.8 Å². The predicted molar refractivity (Wildman–Crippen MR) is 45.8 cm³/mol. The third-order valence-electron chi connectivity index (χ3n) is 2.09. The van der Waals surface area contributed by atoms with Gasteiger partial charge in [-0.25, -0.2) is 0 Å². The van der Waals surface area contributed by atoms with Crippen molar-refractivity contribution < 1.29 is 0 Å². The van der Waals surface area contributed by atoms with E-state index in [1.54, 1.807) is 0 Å². The molecule has 0 heterocycles. The average molecular weight is 147 g/mol. The lowest BCUT2D eigenvalue weighted by molar-refractivity contribution is 0.806. The molecule has 0 saturated heterocycles. The minimum absolute atomic E-state index is 0.660. The molecule has 1 heteroatoms. The molecule has 0 N–H and O–H groups in total. The van der Waals surface area contributed by atoms with Crippen LogP contribution in [-0.2, 0) is 0 Å². The quantitative estimate of drug-likeness (QED) is 0.444. The van der Waals surface area contributed by atoms with Crippen LogP contribution in [0.5, 0.6) is 0 Å². The maximum Gasteiger partial charge on any atom is 0.0940 e. The largest absolute Gasteiger partial charge is 0.193 e. The minimum Gasteiger partial charge on any atom is -0.193 e. The second-order valence-corrected chi connectivity index (χ2v) is 3.15. The summed E-state index contributed by atoms with van der Waals surface area (Å²) < 4.78 is 0. The molecule has 2 unspecified atom stereocenters. The molecule has 2 atom stereocenters. The molecule has 1 fully saturated rings. The minimum atomic E-state index is 0.660. The lowest BCUT2D eigenvalue weighted by Crippen LogP contribution is -1.77. The Bertz CT molecular complexity index is 220. The zero-order valence-corrected chi connectivity index (χ0v) is 6.88. The molecule has 1 saturated carbocycles. The van der Waals surface area contributed by atoms with Gasteiger partial charge in [-0.15, -0.1) is 6.58 Å². The standard InChI is InChI=1S/C10H13N/c1-3-4-9-6-10(9)5-8(2)7-11/h3,5,9-10H,1,4,6H2,2H3/b8-5+. The van der Waals surface area contributed by atoms with E-state index >= 15 is 0 Å². The Hall–Kier alpha value is -1.03. The summed E-state index contributed by atoms with van der Waals surface area (Å²) in [6.07, 6.45) is 6.37. The number of rotatable bonds is 3. The molecule has 0 bridgehead atoms. The Labute approximate surface area is 68.0 Å². The first kappa shape index (κ1) is 8.07. The first-order chi connectivity index (χ1) is 5.27. The van der Waals surface area contributed by atoms with E-state index in [4.69, 9.17) is 5.26 Å². The maximum atomic E-state index is 8.49. The van der Waals surface area contributed by atoms with E-state index in [0.29, 0.717) is 5.92 Å². The highest BCUT2D eigenvalue weighted by Gasteiger charge is 2.33. The van der Waals surface area contributed by atoms with Crippen LogP contribution in [0.1, 0.15) is 19.8 Å². The Kier molecular flexibility index (Phi) is 2.48. The molecule has 0 aromatic heterocycles. The lowest BCUT2D eigenvalue weighted by atomic mass is 10.2. The van der Waals surface area contributed by atoms with E-state index in [0.717, 1.165) is 17.9 Å². The zero-order valence-electron chi connectivity index (χ0n) is 6.88. The van der Waals surface area contributed by atoms with Crippen LogP contribution in [0.15, 0.2) is 24.3 Å². The van der Waals surface area contributed by atoms with Gasteiger partial charge in [0.2, 0.25) is 0 Å². The molecule has 58 valence electrons. The first-order valence-corrected chi connectivity index (χ1v) is 3.97. The predicted octanol–water partition coefficient (Wildman–Crippen LogP) is 2.67. The maximum absolute atomic E-state index is 8.49. The summed E-state index contributed by atoms with van der Waals surface area (Å²) in [7, 11) is 0. The summed E-state index contributed by atoms with van der Waals surface area (Å²) in [6.45, 7) is 5.55.